The Balaban J connectivity index is 2.65. The number of methoxy groups -OCH3 is 2. The number of hydrogen-bond acceptors (Lipinski definition) is 4. The molecule has 0 aromatic heterocycles. The molecule has 4 heteroatoms. The highest BCUT2D eigenvalue weighted by atomic mass is 16.5. The molecule has 2 atom stereocenters. The van der Waals surface area contributed by atoms with E-state index in [1.165, 1.54) is 0 Å². The van der Waals surface area contributed by atoms with E-state index >= 15 is 0 Å². The van der Waals surface area contributed by atoms with Crippen molar-refractivity contribution in [3.05, 3.63) is 23.8 Å². The van der Waals surface area contributed by atoms with Crippen molar-refractivity contribution in [1.82, 2.24) is 5.32 Å². The van der Waals surface area contributed by atoms with Gasteiger partial charge in [0.2, 0.25) is 0 Å². The van der Waals surface area contributed by atoms with Gasteiger partial charge in [-0.3, -0.25) is 0 Å². The molecule has 0 saturated carbocycles. The van der Waals surface area contributed by atoms with Crippen LogP contribution in [-0.4, -0.2) is 32.0 Å². The van der Waals surface area contributed by atoms with Gasteiger partial charge in [0.05, 0.1) is 13.2 Å². The number of phenols is 1. The SMILES string of the molecule is COc1ccc(C(C)NCC(C)OC)c(O)c1. The molecule has 0 bridgehead atoms. The predicted octanol–water partition coefficient (Wildman–Crippen LogP) is 2.09. The van der Waals surface area contributed by atoms with E-state index in [1.54, 1.807) is 20.3 Å². The highest BCUT2D eigenvalue weighted by molar-refractivity contribution is 5.41. The maximum Gasteiger partial charge on any atom is 0.124 e. The lowest BCUT2D eigenvalue weighted by atomic mass is 10.1. The van der Waals surface area contributed by atoms with Crippen LogP contribution in [0.5, 0.6) is 11.5 Å². The number of rotatable bonds is 6. The minimum Gasteiger partial charge on any atom is -0.507 e. The summed E-state index contributed by atoms with van der Waals surface area (Å²) in [5.74, 6) is 0.901. The van der Waals surface area contributed by atoms with Crippen molar-refractivity contribution in [2.24, 2.45) is 0 Å². The third kappa shape index (κ3) is 3.91. The first-order valence-electron chi connectivity index (χ1n) is 5.71. The standard InChI is InChI=1S/C13H21NO3/c1-9(16-3)8-14-10(2)12-6-5-11(17-4)7-13(12)15/h5-7,9-10,14-15H,8H2,1-4H3. The topological polar surface area (TPSA) is 50.7 Å². The quantitative estimate of drug-likeness (QED) is 0.798. The second-order valence-corrected chi connectivity index (χ2v) is 4.10. The van der Waals surface area contributed by atoms with Gasteiger partial charge >= 0.3 is 0 Å². The fourth-order valence-electron chi connectivity index (χ4n) is 1.55. The molecule has 0 fully saturated rings. The highest BCUT2D eigenvalue weighted by Gasteiger charge is 2.11. The lowest BCUT2D eigenvalue weighted by molar-refractivity contribution is 0.115. The van der Waals surface area contributed by atoms with Crippen LogP contribution in [0.25, 0.3) is 0 Å². The second-order valence-electron chi connectivity index (χ2n) is 4.10. The van der Waals surface area contributed by atoms with Gasteiger partial charge in [0.15, 0.2) is 0 Å². The van der Waals surface area contributed by atoms with Crippen LogP contribution in [0.15, 0.2) is 18.2 Å². The molecule has 0 heterocycles. The summed E-state index contributed by atoms with van der Waals surface area (Å²) < 4.78 is 10.2. The van der Waals surface area contributed by atoms with Crippen molar-refractivity contribution in [2.75, 3.05) is 20.8 Å². The maximum absolute atomic E-state index is 9.86. The van der Waals surface area contributed by atoms with Crippen molar-refractivity contribution in [2.45, 2.75) is 26.0 Å². The van der Waals surface area contributed by atoms with Crippen molar-refractivity contribution in [3.8, 4) is 11.5 Å². The molecule has 0 saturated heterocycles. The normalized spacial score (nSPS) is 14.4. The highest BCUT2D eigenvalue weighted by Crippen LogP contribution is 2.28. The molecule has 0 radical (unpaired) electrons. The molecule has 2 unspecified atom stereocenters. The molecule has 2 N–H and O–H groups in total. The Kier molecular flexibility index (Phi) is 5.25. The van der Waals surface area contributed by atoms with Gasteiger partial charge < -0.3 is 19.9 Å². The van der Waals surface area contributed by atoms with Crippen LogP contribution in [0.3, 0.4) is 0 Å². The first-order valence-corrected chi connectivity index (χ1v) is 5.71. The lowest BCUT2D eigenvalue weighted by Crippen LogP contribution is -2.28. The lowest BCUT2D eigenvalue weighted by Gasteiger charge is -2.18. The van der Waals surface area contributed by atoms with E-state index in [2.05, 4.69) is 5.32 Å². The molecule has 1 aromatic carbocycles. The minimum absolute atomic E-state index is 0.0681. The fraction of sp³-hybridized carbons (Fsp3) is 0.538. The van der Waals surface area contributed by atoms with Crippen LogP contribution >= 0.6 is 0 Å². The van der Waals surface area contributed by atoms with E-state index in [1.807, 2.05) is 26.0 Å². The zero-order valence-corrected chi connectivity index (χ0v) is 10.9. The van der Waals surface area contributed by atoms with E-state index < -0.39 is 0 Å². The number of ether oxygens (including phenoxy) is 2. The van der Waals surface area contributed by atoms with Crippen LogP contribution in [0.1, 0.15) is 25.5 Å². The van der Waals surface area contributed by atoms with Crippen LogP contribution in [0.2, 0.25) is 0 Å². The van der Waals surface area contributed by atoms with Gasteiger partial charge in [-0.2, -0.15) is 0 Å². The number of nitrogens with one attached hydrogen (secondary N) is 1. The van der Waals surface area contributed by atoms with Gasteiger partial charge in [0.25, 0.3) is 0 Å². The Morgan fingerprint density at radius 2 is 2.00 bits per heavy atom. The molecule has 0 spiro atoms. The van der Waals surface area contributed by atoms with Crippen molar-refractivity contribution in [1.29, 1.82) is 0 Å². The van der Waals surface area contributed by atoms with Gasteiger partial charge in [0, 0.05) is 31.3 Å². The third-order valence-corrected chi connectivity index (χ3v) is 2.82. The Hall–Kier alpha value is -1.26. The van der Waals surface area contributed by atoms with Gasteiger partial charge in [-0.1, -0.05) is 6.07 Å². The third-order valence-electron chi connectivity index (χ3n) is 2.82. The predicted molar refractivity (Wildman–Crippen MR) is 67.5 cm³/mol. The molecule has 4 nitrogen and oxygen atoms in total. The largest absolute Gasteiger partial charge is 0.507 e. The smallest absolute Gasteiger partial charge is 0.124 e. The van der Waals surface area contributed by atoms with E-state index in [0.717, 1.165) is 12.1 Å². The molecule has 96 valence electrons. The van der Waals surface area contributed by atoms with Gasteiger partial charge in [-0.15, -0.1) is 0 Å². The van der Waals surface area contributed by atoms with E-state index in [0.29, 0.717) is 5.75 Å². The van der Waals surface area contributed by atoms with Gasteiger partial charge in [-0.25, -0.2) is 0 Å². The van der Waals surface area contributed by atoms with Crippen LogP contribution in [-0.2, 0) is 4.74 Å². The number of phenolic OH excluding ortho intramolecular Hbond substituents is 1. The van der Waals surface area contributed by atoms with E-state index in [-0.39, 0.29) is 17.9 Å². The van der Waals surface area contributed by atoms with Crippen molar-refractivity contribution < 1.29 is 14.6 Å². The van der Waals surface area contributed by atoms with Crippen LogP contribution in [0.4, 0.5) is 0 Å². The fourth-order valence-corrected chi connectivity index (χ4v) is 1.55. The second kappa shape index (κ2) is 6.47. The molecular weight excluding hydrogens is 218 g/mol. The Morgan fingerprint density at radius 1 is 1.29 bits per heavy atom. The number of benzene rings is 1. The van der Waals surface area contributed by atoms with Crippen molar-refractivity contribution in [3.63, 3.8) is 0 Å². The summed E-state index contributed by atoms with van der Waals surface area (Å²) >= 11 is 0. The monoisotopic (exact) mass is 239 g/mol. The Labute approximate surface area is 103 Å². The summed E-state index contributed by atoms with van der Waals surface area (Å²) in [5, 5.41) is 13.2. The Bertz CT molecular complexity index is 355. The molecule has 0 aliphatic rings. The Morgan fingerprint density at radius 3 is 2.53 bits per heavy atom. The molecule has 17 heavy (non-hydrogen) atoms. The zero-order valence-electron chi connectivity index (χ0n) is 10.9. The molecular formula is C13H21NO3. The number of aromatic hydroxyl groups is 1. The summed E-state index contributed by atoms with van der Waals surface area (Å²) in [6.07, 6.45) is 0.151. The van der Waals surface area contributed by atoms with Crippen LogP contribution < -0.4 is 10.1 Å². The minimum atomic E-state index is 0.0681. The summed E-state index contributed by atoms with van der Waals surface area (Å²) in [5.41, 5.74) is 0.856. The maximum atomic E-state index is 9.86. The number of hydrogen-bond donors (Lipinski definition) is 2. The van der Waals surface area contributed by atoms with E-state index in [4.69, 9.17) is 9.47 Å². The zero-order chi connectivity index (χ0) is 12.8. The summed E-state index contributed by atoms with van der Waals surface area (Å²) in [7, 11) is 3.26. The molecule has 1 rings (SSSR count). The molecule has 0 aliphatic carbocycles. The summed E-state index contributed by atoms with van der Waals surface area (Å²) in [4.78, 5) is 0. The molecule has 1 aromatic rings. The summed E-state index contributed by atoms with van der Waals surface area (Å²) in [6.45, 7) is 4.74. The van der Waals surface area contributed by atoms with Crippen LogP contribution in [0, 0.1) is 0 Å². The van der Waals surface area contributed by atoms with Gasteiger partial charge in [-0.05, 0) is 19.9 Å². The van der Waals surface area contributed by atoms with E-state index in [9.17, 15) is 5.11 Å². The average molecular weight is 239 g/mol. The molecule has 0 aliphatic heterocycles. The first kappa shape index (κ1) is 13.8. The van der Waals surface area contributed by atoms with Crippen molar-refractivity contribution >= 4 is 0 Å². The molecule has 0 amide bonds. The van der Waals surface area contributed by atoms with Gasteiger partial charge in [0.1, 0.15) is 11.5 Å². The summed E-state index contributed by atoms with van der Waals surface area (Å²) in [6, 6.07) is 5.39. The first-order chi connectivity index (χ1) is 8.08. The average Bonchev–Trinajstić information content (AvgIpc) is 2.35.